The van der Waals surface area contributed by atoms with Gasteiger partial charge in [-0.3, -0.25) is 5.43 Å². The minimum atomic E-state index is -0.285. The van der Waals surface area contributed by atoms with Crippen LogP contribution in [0.25, 0.3) is 0 Å². The number of hydrazine groups is 1. The third-order valence-electron chi connectivity index (χ3n) is 2.22. The number of halogens is 2. The maximum absolute atomic E-state index is 13.0. The molecule has 94 valence electrons. The second-order valence-electron chi connectivity index (χ2n) is 3.52. The number of aromatic nitrogens is 2. The Balaban J connectivity index is 2.10. The fourth-order valence-electron chi connectivity index (χ4n) is 1.39. The zero-order chi connectivity index (χ0) is 13.0. The number of nitrogen functional groups attached to an aromatic ring is 1. The molecule has 1 aromatic heterocycles. The number of nitrogens with one attached hydrogen (secondary N) is 2. The number of hydrogen-bond acceptors (Lipinski definition) is 5. The molecule has 18 heavy (non-hydrogen) atoms. The van der Waals surface area contributed by atoms with Crippen LogP contribution in [0.5, 0.6) is 0 Å². The Bertz CT molecular complexity index is 549. The Kier molecular flexibility index (Phi) is 3.91. The number of rotatable bonds is 4. The molecule has 1 aromatic carbocycles. The summed E-state index contributed by atoms with van der Waals surface area (Å²) in [6, 6.07) is 6.26. The fourth-order valence-corrected chi connectivity index (χ4v) is 1.55. The number of nitrogens with zero attached hydrogens (tertiary/aromatic N) is 2. The zero-order valence-electron chi connectivity index (χ0n) is 9.32. The lowest BCUT2D eigenvalue weighted by Gasteiger charge is -2.08. The maximum Gasteiger partial charge on any atom is 0.239 e. The molecule has 0 bridgehead atoms. The minimum Gasteiger partial charge on any atom is -0.365 e. The van der Waals surface area contributed by atoms with Crippen molar-refractivity contribution in [3.05, 3.63) is 46.9 Å². The molecule has 0 aliphatic carbocycles. The molecule has 2 rings (SSSR count). The van der Waals surface area contributed by atoms with E-state index in [0.717, 1.165) is 5.56 Å². The van der Waals surface area contributed by atoms with Gasteiger partial charge in [-0.2, -0.15) is 4.98 Å². The number of nitrogens with two attached hydrogens (primary N) is 1. The van der Waals surface area contributed by atoms with Crippen LogP contribution in [0.3, 0.4) is 0 Å². The topological polar surface area (TPSA) is 75.9 Å². The first kappa shape index (κ1) is 12.5. The van der Waals surface area contributed by atoms with E-state index in [2.05, 4.69) is 20.7 Å². The number of anilines is 2. The highest BCUT2D eigenvalue weighted by Gasteiger charge is 2.04. The molecule has 4 N–H and O–H groups in total. The molecule has 7 heteroatoms. The van der Waals surface area contributed by atoms with Crippen molar-refractivity contribution >= 4 is 23.4 Å². The molecule has 0 saturated carbocycles. The lowest BCUT2D eigenvalue weighted by Crippen LogP contribution is -2.12. The smallest absolute Gasteiger partial charge is 0.239 e. The predicted octanol–water partition coefficient (Wildman–Crippen LogP) is 2.17. The summed E-state index contributed by atoms with van der Waals surface area (Å²) in [5.41, 5.74) is 3.11. The number of benzene rings is 1. The summed E-state index contributed by atoms with van der Waals surface area (Å²) in [5, 5.41) is 3.35. The number of hydrogen-bond donors (Lipinski definition) is 3. The first-order chi connectivity index (χ1) is 8.69. The van der Waals surface area contributed by atoms with Gasteiger partial charge in [0, 0.05) is 6.54 Å². The van der Waals surface area contributed by atoms with E-state index in [1.165, 1.54) is 18.3 Å². The largest absolute Gasteiger partial charge is 0.365 e. The van der Waals surface area contributed by atoms with Gasteiger partial charge in [-0.05, 0) is 17.7 Å². The van der Waals surface area contributed by atoms with Crippen molar-refractivity contribution in [2.24, 2.45) is 5.84 Å². The highest BCUT2D eigenvalue weighted by atomic mass is 35.5. The van der Waals surface area contributed by atoms with E-state index >= 15 is 0 Å². The summed E-state index contributed by atoms with van der Waals surface area (Å²) in [5.74, 6) is 5.60. The molecule has 0 radical (unpaired) electrons. The molecular formula is C11H11ClFN5. The third kappa shape index (κ3) is 3.06. The Morgan fingerprint density at radius 1 is 1.39 bits per heavy atom. The molecule has 0 saturated heterocycles. The van der Waals surface area contributed by atoms with Crippen molar-refractivity contribution in [3.8, 4) is 0 Å². The lowest BCUT2D eigenvalue weighted by atomic mass is 10.2. The first-order valence-corrected chi connectivity index (χ1v) is 5.54. The van der Waals surface area contributed by atoms with Gasteiger partial charge in [-0.1, -0.05) is 23.7 Å². The van der Waals surface area contributed by atoms with Crippen LogP contribution in [-0.4, -0.2) is 9.97 Å². The fraction of sp³-hybridized carbons (Fsp3) is 0.0909. The lowest BCUT2D eigenvalue weighted by molar-refractivity contribution is 0.626. The van der Waals surface area contributed by atoms with Crippen molar-refractivity contribution in [1.29, 1.82) is 0 Å². The SMILES string of the molecule is NNc1ncc(Cl)c(NCc2cccc(F)c2)n1. The normalized spacial score (nSPS) is 10.2. The molecule has 0 amide bonds. The van der Waals surface area contributed by atoms with Crippen LogP contribution in [-0.2, 0) is 6.54 Å². The molecule has 2 aromatic rings. The van der Waals surface area contributed by atoms with Crippen LogP contribution >= 0.6 is 11.6 Å². The van der Waals surface area contributed by atoms with Crippen LogP contribution in [0, 0.1) is 5.82 Å². The monoisotopic (exact) mass is 267 g/mol. The molecule has 0 aliphatic heterocycles. The second kappa shape index (κ2) is 5.61. The average molecular weight is 268 g/mol. The van der Waals surface area contributed by atoms with Crippen LogP contribution < -0.4 is 16.6 Å². The molecule has 0 spiro atoms. The van der Waals surface area contributed by atoms with Crippen LogP contribution in [0.2, 0.25) is 5.02 Å². The highest BCUT2D eigenvalue weighted by Crippen LogP contribution is 2.19. The predicted molar refractivity (Wildman–Crippen MR) is 68.6 cm³/mol. The van der Waals surface area contributed by atoms with Crippen molar-refractivity contribution in [1.82, 2.24) is 9.97 Å². The van der Waals surface area contributed by atoms with Crippen molar-refractivity contribution in [2.75, 3.05) is 10.7 Å². The first-order valence-electron chi connectivity index (χ1n) is 5.16. The van der Waals surface area contributed by atoms with Crippen molar-refractivity contribution in [2.45, 2.75) is 6.54 Å². The summed E-state index contributed by atoms with van der Waals surface area (Å²) < 4.78 is 13.0. The third-order valence-corrected chi connectivity index (χ3v) is 2.50. The van der Waals surface area contributed by atoms with Crippen molar-refractivity contribution in [3.63, 3.8) is 0 Å². The van der Waals surface area contributed by atoms with E-state index in [-0.39, 0.29) is 11.8 Å². The minimum absolute atomic E-state index is 0.251. The molecule has 0 atom stereocenters. The quantitative estimate of drug-likeness (QED) is 0.585. The zero-order valence-corrected chi connectivity index (χ0v) is 10.1. The standard InChI is InChI=1S/C11H11ClFN5/c12-9-6-16-11(18-14)17-10(9)15-5-7-2-1-3-8(13)4-7/h1-4,6H,5,14H2,(H2,15,16,17,18). The van der Waals surface area contributed by atoms with Crippen LogP contribution in [0.4, 0.5) is 16.2 Å². The van der Waals surface area contributed by atoms with Gasteiger partial charge >= 0.3 is 0 Å². The average Bonchev–Trinajstić information content (AvgIpc) is 2.38. The Labute approximate surface area is 108 Å². The molecule has 0 aliphatic rings. The Morgan fingerprint density at radius 3 is 2.94 bits per heavy atom. The van der Waals surface area contributed by atoms with E-state index in [1.54, 1.807) is 12.1 Å². The van der Waals surface area contributed by atoms with E-state index in [0.29, 0.717) is 17.4 Å². The van der Waals surface area contributed by atoms with E-state index in [9.17, 15) is 4.39 Å². The Hall–Kier alpha value is -1.92. The van der Waals surface area contributed by atoms with Gasteiger partial charge in [0.2, 0.25) is 5.95 Å². The second-order valence-corrected chi connectivity index (χ2v) is 3.93. The molecule has 1 heterocycles. The molecule has 0 fully saturated rings. The molecule has 0 unspecified atom stereocenters. The van der Waals surface area contributed by atoms with Crippen LogP contribution in [0.15, 0.2) is 30.5 Å². The van der Waals surface area contributed by atoms with E-state index in [4.69, 9.17) is 17.4 Å². The van der Waals surface area contributed by atoms with Gasteiger partial charge in [0.15, 0.2) is 5.82 Å². The van der Waals surface area contributed by atoms with Gasteiger partial charge in [0.1, 0.15) is 10.8 Å². The highest BCUT2D eigenvalue weighted by molar-refractivity contribution is 6.32. The molecular weight excluding hydrogens is 257 g/mol. The maximum atomic E-state index is 13.0. The van der Waals surface area contributed by atoms with Gasteiger partial charge in [0.25, 0.3) is 0 Å². The van der Waals surface area contributed by atoms with Crippen molar-refractivity contribution < 1.29 is 4.39 Å². The van der Waals surface area contributed by atoms with Gasteiger partial charge in [-0.25, -0.2) is 15.2 Å². The summed E-state index contributed by atoms with van der Waals surface area (Å²) in [7, 11) is 0. The van der Waals surface area contributed by atoms with Gasteiger partial charge in [0.05, 0.1) is 6.20 Å². The van der Waals surface area contributed by atoms with Gasteiger partial charge in [-0.15, -0.1) is 0 Å². The summed E-state index contributed by atoms with van der Waals surface area (Å²) in [6.45, 7) is 0.401. The summed E-state index contributed by atoms with van der Waals surface area (Å²) in [6.07, 6.45) is 1.43. The van der Waals surface area contributed by atoms with E-state index < -0.39 is 0 Å². The van der Waals surface area contributed by atoms with Crippen LogP contribution in [0.1, 0.15) is 5.56 Å². The molecule has 5 nitrogen and oxygen atoms in total. The van der Waals surface area contributed by atoms with E-state index in [1.807, 2.05) is 0 Å². The summed E-state index contributed by atoms with van der Waals surface area (Å²) >= 11 is 5.92. The Morgan fingerprint density at radius 2 is 2.22 bits per heavy atom. The van der Waals surface area contributed by atoms with Gasteiger partial charge < -0.3 is 5.32 Å². The summed E-state index contributed by atoms with van der Waals surface area (Å²) in [4.78, 5) is 7.89.